The summed E-state index contributed by atoms with van der Waals surface area (Å²) in [5.74, 6) is 6.69. The second-order valence-electron chi connectivity index (χ2n) is 5.65. The van der Waals surface area contributed by atoms with Crippen molar-refractivity contribution < 1.29 is 9.53 Å². The molecule has 0 saturated carbocycles. The fourth-order valence-corrected chi connectivity index (χ4v) is 2.65. The Morgan fingerprint density at radius 3 is 2.76 bits per heavy atom. The maximum atomic E-state index is 12.4. The molecular formula is C19H20N4O2. The Balaban J connectivity index is 1.63. The van der Waals surface area contributed by atoms with Crippen molar-refractivity contribution in [3.05, 3.63) is 48.2 Å². The fourth-order valence-electron chi connectivity index (χ4n) is 2.65. The number of hydrogen-bond donors (Lipinski definition) is 0. The zero-order valence-corrected chi connectivity index (χ0v) is 14.2. The summed E-state index contributed by atoms with van der Waals surface area (Å²) in [5.41, 5.74) is 0.845. The molecular weight excluding hydrogens is 316 g/mol. The first-order chi connectivity index (χ1) is 12.3. The van der Waals surface area contributed by atoms with Crippen LogP contribution in [0.2, 0.25) is 0 Å². The molecule has 0 unspecified atom stereocenters. The number of hydrogen-bond acceptors (Lipinski definition) is 5. The lowest BCUT2D eigenvalue weighted by molar-refractivity contribution is -0.124. The quantitative estimate of drug-likeness (QED) is 0.779. The van der Waals surface area contributed by atoms with Crippen molar-refractivity contribution in [2.75, 3.05) is 38.2 Å². The molecule has 1 fully saturated rings. The minimum absolute atomic E-state index is 0.141. The van der Waals surface area contributed by atoms with E-state index in [4.69, 9.17) is 4.74 Å². The summed E-state index contributed by atoms with van der Waals surface area (Å²) in [6.07, 6.45) is 2.53. The maximum Gasteiger partial charge on any atom is 0.298 e. The molecule has 0 atom stereocenters. The normalized spacial score (nSPS) is 14.3. The molecule has 1 amide bonds. The molecule has 128 valence electrons. The molecule has 0 radical (unpaired) electrons. The third-order valence-corrected chi connectivity index (χ3v) is 3.98. The Morgan fingerprint density at radius 2 is 1.96 bits per heavy atom. The lowest BCUT2D eigenvalue weighted by Crippen LogP contribution is -2.34. The van der Waals surface area contributed by atoms with Crippen molar-refractivity contribution in [2.24, 2.45) is 0 Å². The van der Waals surface area contributed by atoms with Gasteiger partial charge in [0.2, 0.25) is 11.8 Å². The molecule has 1 aliphatic heterocycles. The summed E-state index contributed by atoms with van der Waals surface area (Å²) in [5, 5.41) is 0. The minimum atomic E-state index is -0.141. The minimum Gasteiger partial charge on any atom is -0.481 e. The van der Waals surface area contributed by atoms with Crippen molar-refractivity contribution in [1.82, 2.24) is 14.9 Å². The van der Waals surface area contributed by atoms with Crippen molar-refractivity contribution in [3.63, 3.8) is 0 Å². The monoisotopic (exact) mass is 336 g/mol. The van der Waals surface area contributed by atoms with Crippen LogP contribution < -0.4 is 9.64 Å². The Kier molecular flexibility index (Phi) is 5.47. The first kappa shape index (κ1) is 16.8. The van der Waals surface area contributed by atoms with Crippen LogP contribution in [-0.4, -0.2) is 54.1 Å². The Labute approximate surface area is 147 Å². The lowest BCUT2D eigenvalue weighted by Gasteiger charge is -2.21. The molecule has 2 heterocycles. The summed E-state index contributed by atoms with van der Waals surface area (Å²) < 4.78 is 5.15. The highest BCUT2D eigenvalue weighted by Gasteiger charge is 2.19. The average Bonchev–Trinajstić information content (AvgIpc) is 2.93. The van der Waals surface area contributed by atoms with Crippen LogP contribution in [0.25, 0.3) is 0 Å². The number of amides is 1. The van der Waals surface area contributed by atoms with Crippen LogP contribution in [0.4, 0.5) is 5.95 Å². The largest absolute Gasteiger partial charge is 0.481 e. The number of anilines is 1. The zero-order chi connectivity index (χ0) is 17.5. The fraction of sp³-hybridized carbons (Fsp3) is 0.316. The SMILES string of the molecule is COc1ccnc(N2CCCN(C(=O)C#Cc3ccccc3)CC2)n1. The van der Waals surface area contributed by atoms with E-state index < -0.39 is 0 Å². The van der Waals surface area contributed by atoms with Gasteiger partial charge >= 0.3 is 0 Å². The molecule has 0 bridgehead atoms. The van der Waals surface area contributed by atoms with Crippen LogP contribution in [0.3, 0.4) is 0 Å². The first-order valence-corrected chi connectivity index (χ1v) is 8.24. The first-order valence-electron chi connectivity index (χ1n) is 8.24. The summed E-state index contributed by atoms with van der Waals surface area (Å²) in [7, 11) is 1.58. The Morgan fingerprint density at radius 1 is 1.12 bits per heavy atom. The van der Waals surface area contributed by atoms with Gasteiger partial charge in [-0.05, 0) is 18.6 Å². The zero-order valence-electron chi connectivity index (χ0n) is 14.2. The van der Waals surface area contributed by atoms with E-state index in [1.165, 1.54) is 0 Å². The van der Waals surface area contributed by atoms with Gasteiger partial charge in [0.1, 0.15) is 0 Å². The molecule has 0 N–H and O–H groups in total. The van der Waals surface area contributed by atoms with E-state index >= 15 is 0 Å². The average molecular weight is 336 g/mol. The van der Waals surface area contributed by atoms with E-state index in [2.05, 4.69) is 26.7 Å². The highest BCUT2D eigenvalue weighted by atomic mass is 16.5. The molecule has 1 aliphatic rings. The topological polar surface area (TPSA) is 58.6 Å². The van der Waals surface area contributed by atoms with E-state index in [0.717, 1.165) is 18.5 Å². The van der Waals surface area contributed by atoms with Gasteiger partial charge in [0.15, 0.2) is 0 Å². The predicted octanol–water partition coefficient (Wildman–Crippen LogP) is 1.58. The molecule has 6 heteroatoms. The lowest BCUT2D eigenvalue weighted by atomic mass is 10.2. The molecule has 6 nitrogen and oxygen atoms in total. The van der Waals surface area contributed by atoms with Gasteiger partial charge in [0.25, 0.3) is 5.91 Å². The van der Waals surface area contributed by atoms with E-state index in [0.29, 0.717) is 31.5 Å². The van der Waals surface area contributed by atoms with Gasteiger partial charge in [0.05, 0.1) is 7.11 Å². The molecule has 1 saturated heterocycles. The second-order valence-corrected chi connectivity index (χ2v) is 5.65. The van der Waals surface area contributed by atoms with Crippen molar-refractivity contribution >= 4 is 11.9 Å². The van der Waals surface area contributed by atoms with E-state index in [1.807, 2.05) is 30.3 Å². The number of rotatable bonds is 2. The molecule has 0 spiro atoms. The summed E-state index contributed by atoms with van der Waals surface area (Å²) in [6.45, 7) is 2.75. The Hall–Kier alpha value is -3.07. The van der Waals surface area contributed by atoms with Gasteiger partial charge < -0.3 is 14.5 Å². The third kappa shape index (κ3) is 4.48. The highest BCUT2D eigenvalue weighted by Crippen LogP contribution is 2.14. The number of nitrogens with zero attached hydrogens (tertiary/aromatic N) is 4. The van der Waals surface area contributed by atoms with Gasteiger partial charge in [-0.1, -0.05) is 24.1 Å². The van der Waals surface area contributed by atoms with Gasteiger partial charge in [-0.3, -0.25) is 4.79 Å². The molecule has 0 aliphatic carbocycles. The summed E-state index contributed by atoms with van der Waals surface area (Å²) in [4.78, 5) is 24.9. The van der Waals surface area contributed by atoms with E-state index in [1.54, 1.807) is 24.3 Å². The third-order valence-electron chi connectivity index (χ3n) is 3.98. The van der Waals surface area contributed by atoms with Crippen molar-refractivity contribution in [3.8, 4) is 17.7 Å². The molecule has 2 aromatic rings. The van der Waals surface area contributed by atoms with Crippen LogP contribution in [-0.2, 0) is 4.79 Å². The number of ether oxygens (including phenoxy) is 1. The van der Waals surface area contributed by atoms with Crippen LogP contribution in [0.5, 0.6) is 5.88 Å². The summed E-state index contributed by atoms with van der Waals surface area (Å²) in [6, 6.07) is 11.3. The molecule has 25 heavy (non-hydrogen) atoms. The van der Waals surface area contributed by atoms with Crippen LogP contribution in [0.15, 0.2) is 42.6 Å². The van der Waals surface area contributed by atoms with Crippen LogP contribution in [0.1, 0.15) is 12.0 Å². The van der Waals surface area contributed by atoms with Gasteiger partial charge in [-0.25, -0.2) is 4.98 Å². The van der Waals surface area contributed by atoms with Crippen LogP contribution in [0, 0.1) is 11.8 Å². The van der Waals surface area contributed by atoms with E-state index in [9.17, 15) is 4.79 Å². The maximum absolute atomic E-state index is 12.4. The Bertz CT molecular complexity index is 783. The molecule has 1 aromatic carbocycles. The number of benzene rings is 1. The van der Waals surface area contributed by atoms with Gasteiger partial charge in [0, 0.05) is 49.9 Å². The highest BCUT2D eigenvalue weighted by molar-refractivity contribution is 5.94. The smallest absolute Gasteiger partial charge is 0.298 e. The second kappa shape index (κ2) is 8.15. The number of aromatic nitrogens is 2. The predicted molar refractivity (Wildman–Crippen MR) is 95.3 cm³/mol. The number of carbonyl (C=O) groups is 1. The van der Waals surface area contributed by atoms with Crippen molar-refractivity contribution in [1.29, 1.82) is 0 Å². The van der Waals surface area contributed by atoms with Crippen molar-refractivity contribution in [2.45, 2.75) is 6.42 Å². The van der Waals surface area contributed by atoms with Gasteiger partial charge in [-0.2, -0.15) is 4.98 Å². The van der Waals surface area contributed by atoms with E-state index in [-0.39, 0.29) is 5.91 Å². The number of carbonyl (C=O) groups excluding carboxylic acids is 1. The number of methoxy groups -OCH3 is 1. The van der Waals surface area contributed by atoms with Gasteiger partial charge in [-0.15, -0.1) is 0 Å². The standard InChI is InChI=1S/C19H20N4O2/c1-25-17-10-11-20-19(21-17)23-13-5-12-22(14-15-23)18(24)9-8-16-6-3-2-4-7-16/h2-4,6-7,10-11H,5,12-15H2,1H3. The van der Waals surface area contributed by atoms with Crippen LogP contribution >= 0.6 is 0 Å². The molecule has 3 rings (SSSR count). The molecule has 1 aromatic heterocycles. The summed E-state index contributed by atoms with van der Waals surface area (Å²) >= 11 is 0.